The molecule has 0 amide bonds. The second kappa shape index (κ2) is 30.4. The Morgan fingerprint density at radius 1 is 0.295 bits per heavy atom. The molecule has 0 aliphatic heterocycles. The molecule has 3 aliphatic carbocycles. The number of benzene rings is 9. The van der Waals surface area contributed by atoms with Crippen LogP contribution in [0.3, 0.4) is 0 Å². The van der Waals surface area contributed by atoms with Gasteiger partial charge in [-0.15, -0.1) is 104 Å². The van der Waals surface area contributed by atoms with E-state index >= 15 is 0 Å². The van der Waals surface area contributed by atoms with Crippen molar-refractivity contribution in [2.45, 2.75) is 156 Å². The SMILES string of the molecule is CCC1(Cc2cc3c(-c4cccc5ccccc45)cccc3[cH-]2)CCC1.CCCC1(Cc2cc3c(-c4cccc5ccccc45)cccc3[cH-]2)CCCCC1.CCCC1(Cc2cc3c(-c4cccc5ccccc45)cccc3[cH-]2)CCCCC1.[Cl-].[Cl-].[Zr+4].[Zr+4]. The Labute approximate surface area is 576 Å². The van der Waals surface area contributed by atoms with Crippen LogP contribution in [0.1, 0.15) is 153 Å². The third kappa shape index (κ3) is 14.3. The molecule has 0 saturated heterocycles. The summed E-state index contributed by atoms with van der Waals surface area (Å²) >= 11 is 0. The fourth-order valence-corrected chi connectivity index (χ4v) is 16.6. The van der Waals surface area contributed by atoms with Crippen molar-refractivity contribution in [2.75, 3.05) is 0 Å². The molecule has 0 heterocycles. The summed E-state index contributed by atoms with van der Waals surface area (Å²) in [6, 6.07) is 81.5. The Morgan fingerprint density at radius 3 is 0.864 bits per heavy atom. The third-order valence-corrected chi connectivity index (χ3v) is 21.0. The molecule has 12 aromatic carbocycles. The summed E-state index contributed by atoms with van der Waals surface area (Å²) in [7, 11) is 0. The summed E-state index contributed by atoms with van der Waals surface area (Å²) in [5, 5.41) is 16.4. The summed E-state index contributed by atoms with van der Waals surface area (Å²) in [6.45, 7) is 7.08. The average Bonchev–Trinajstić information content (AvgIpc) is 1.87. The summed E-state index contributed by atoms with van der Waals surface area (Å²) < 4.78 is 0. The van der Waals surface area contributed by atoms with E-state index in [9.17, 15) is 0 Å². The number of hydrogen-bond donors (Lipinski definition) is 0. The molecule has 0 atom stereocenters. The Hall–Kier alpha value is -5.06. The maximum absolute atomic E-state index is 2.50. The number of halogens is 2. The maximum atomic E-state index is 2.50. The minimum Gasteiger partial charge on any atom is -1.00 e. The first-order valence-electron chi connectivity index (χ1n) is 32.8. The van der Waals surface area contributed by atoms with Crippen LogP contribution < -0.4 is 24.8 Å². The van der Waals surface area contributed by atoms with Crippen molar-refractivity contribution in [3.8, 4) is 33.4 Å². The van der Waals surface area contributed by atoms with Gasteiger partial charge < -0.3 is 24.8 Å². The van der Waals surface area contributed by atoms with Gasteiger partial charge in [-0.25, -0.2) is 0 Å². The van der Waals surface area contributed by atoms with E-state index in [0.717, 1.165) is 0 Å². The van der Waals surface area contributed by atoms with Crippen LogP contribution in [0.2, 0.25) is 0 Å². The normalized spacial score (nSPS) is 15.6. The van der Waals surface area contributed by atoms with Gasteiger partial charge in [0.15, 0.2) is 0 Å². The Bertz CT molecular complexity index is 3990. The molecular formula is C84H87Cl2Zr2+3. The first kappa shape index (κ1) is 67.3. The van der Waals surface area contributed by atoms with E-state index in [1.54, 1.807) is 11.1 Å². The van der Waals surface area contributed by atoms with Crippen molar-refractivity contribution in [3.63, 3.8) is 0 Å². The number of hydrogen-bond acceptors (Lipinski definition) is 0. The van der Waals surface area contributed by atoms with Crippen LogP contribution in [0.15, 0.2) is 218 Å². The van der Waals surface area contributed by atoms with Gasteiger partial charge in [-0.3, -0.25) is 0 Å². The molecule has 15 rings (SSSR count). The summed E-state index contributed by atoms with van der Waals surface area (Å²) in [5.74, 6) is 0. The van der Waals surface area contributed by atoms with Crippen LogP contribution >= 0.6 is 0 Å². The molecule has 3 saturated carbocycles. The predicted molar refractivity (Wildman–Crippen MR) is 366 cm³/mol. The van der Waals surface area contributed by atoms with Crippen molar-refractivity contribution in [1.29, 1.82) is 0 Å². The molecule has 3 fully saturated rings. The molecule has 0 radical (unpaired) electrons. The average molecular weight is 1350 g/mol. The van der Waals surface area contributed by atoms with Gasteiger partial charge in [0.05, 0.1) is 0 Å². The Morgan fingerprint density at radius 2 is 0.568 bits per heavy atom. The molecule has 88 heavy (non-hydrogen) atoms. The van der Waals surface area contributed by atoms with E-state index in [4.69, 9.17) is 0 Å². The zero-order chi connectivity index (χ0) is 56.9. The van der Waals surface area contributed by atoms with Gasteiger partial charge in [0.1, 0.15) is 0 Å². The van der Waals surface area contributed by atoms with Gasteiger partial charge in [0, 0.05) is 0 Å². The van der Waals surface area contributed by atoms with E-state index in [1.165, 1.54) is 238 Å². The van der Waals surface area contributed by atoms with Crippen LogP contribution in [0.4, 0.5) is 0 Å². The smallest absolute Gasteiger partial charge is 1.00 e. The summed E-state index contributed by atoms with van der Waals surface area (Å²) in [5.41, 5.74) is 14.4. The first-order chi connectivity index (χ1) is 41.3. The maximum Gasteiger partial charge on any atom is 4.00 e. The summed E-state index contributed by atoms with van der Waals surface area (Å²) in [4.78, 5) is 0. The fourth-order valence-electron chi connectivity index (χ4n) is 16.6. The quantitative estimate of drug-likeness (QED) is 0.0952. The van der Waals surface area contributed by atoms with Crippen molar-refractivity contribution >= 4 is 64.6 Å². The Balaban J connectivity index is 0.000000154. The molecular weight excluding hydrogens is 1260 g/mol. The zero-order valence-electron chi connectivity index (χ0n) is 52.4. The molecule has 3 aliphatic rings. The van der Waals surface area contributed by atoms with E-state index < -0.39 is 0 Å². The fraction of sp³-hybridized carbons (Fsp3) is 0.321. The van der Waals surface area contributed by atoms with Crippen LogP contribution in [-0.2, 0) is 71.7 Å². The van der Waals surface area contributed by atoms with Crippen LogP contribution in [0.5, 0.6) is 0 Å². The first-order valence-corrected chi connectivity index (χ1v) is 32.8. The molecule has 0 unspecified atom stereocenters. The van der Waals surface area contributed by atoms with E-state index in [2.05, 4.69) is 239 Å². The van der Waals surface area contributed by atoms with Crippen molar-refractivity contribution in [2.24, 2.45) is 16.2 Å². The van der Waals surface area contributed by atoms with Gasteiger partial charge in [-0.1, -0.05) is 247 Å². The molecule has 12 aromatic rings. The van der Waals surface area contributed by atoms with Gasteiger partial charge in [0.25, 0.3) is 0 Å². The molecule has 0 aromatic heterocycles. The van der Waals surface area contributed by atoms with Crippen molar-refractivity contribution in [3.05, 3.63) is 235 Å². The Kier molecular flexibility index (Phi) is 23.2. The van der Waals surface area contributed by atoms with Gasteiger partial charge in [-0.05, 0) is 136 Å². The van der Waals surface area contributed by atoms with Gasteiger partial charge in [-0.2, -0.15) is 18.2 Å². The van der Waals surface area contributed by atoms with Crippen LogP contribution in [0, 0.1) is 16.2 Å². The van der Waals surface area contributed by atoms with E-state index in [0.29, 0.717) is 16.2 Å². The monoisotopic (exact) mass is 1350 g/mol. The number of rotatable bonds is 14. The zero-order valence-corrected chi connectivity index (χ0v) is 58.8. The molecule has 0 nitrogen and oxygen atoms in total. The minimum absolute atomic E-state index is 0. The van der Waals surface area contributed by atoms with E-state index in [-0.39, 0.29) is 77.2 Å². The van der Waals surface area contributed by atoms with Gasteiger partial charge >= 0.3 is 52.4 Å². The van der Waals surface area contributed by atoms with Crippen molar-refractivity contribution < 1.29 is 77.2 Å². The molecule has 442 valence electrons. The minimum atomic E-state index is 0. The number of fused-ring (bicyclic) bond motifs is 6. The van der Waals surface area contributed by atoms with Gasteiger partial charge in [0.2, 0.25) is 0 Å². The van der Waals surface area contributed by atoms with Crippen molar-refractivity contribution in [1.82, 2.24) is 0 Å². The third-order valence-electron chi connectivity index (χ3n) is 21.0. The standard InChI is InChI=1S/2C29H31.C26H25.2ClH.2Zr/c2*1-2-16-29(17-6-3-7-18-29)21-22-19-24-12-9-15-27(28(24)20-22)26-14-8-11-23-10-4-5-13-25(23)26;1-2-26(14-7-15-26)18-19-16-21-10-6-13-24(25(21)17-19)23-12-5-9-20-8-3-4-11-22(20)23;;;;/h2*4-5,8-15,19-20H,2-3,6-7,16-18,21H2,1H3;3-6,8-13,16-17H,2,7,14-15,18H2,1H3;2*1H;;/q3*-1;;;2*+4/p-2. The second-order valence-corrected chi connectivity index (χ2v) is 26.5. The molecule has 0 N–H and O–H groups in total. The molecule has 0 spiro atoms. The van der Waals surface area contributed by atoms with Crippen LogP contribution in [-0.4, -0.2) is 0 Å². The van der Waals surface area contributed by atoms with Crippen LogP contribution in [0.25, 0.3) is 98.0 Å². The topological polar surface area (TPSA) is 0 Å². The summed E-state index contributed by atoms with van der Waals surface area (Å²) in [6.07, 6.45) is 28.8. The molecule has 4 heteroatoms. The second-order valence-electron chi connectivity index (χ2n) is 26.5. The molecule has 0 bridgehead atoms. The largest absolute Gasteiger partial charge is 4.00 e. The predicted octanol–water partition coefficient (Wildman–Crippen LogP) is 18.8. The van der Waals surface area contributed by atoms with E-state index in [1.807, 2.05) is 0 Å².